The number of pyridine rings is 1. The third kappa shape index (κ3) is 3.80. The average molecular weight is 305 g/mol. The molecular weight excluding hydrogens is 286 g/mol. The van der Waals surface area contributed by atoms with Crippen molar-refractivity contribution in [1.82, 2.24) is 9.29 Å². The highest BCUT2D eigenvalue weighted by Crippen LogP contribution is 2.18. The highest BCUT2D eigenvalue weighted by Gasteiger charge is 2.24. The van der Waals surface area contributed by atoms with Gasteiger partial charge in [-0.2, -0.15) is 4.31 Å². The topological polar surface area (TPSA) is 76.3 Å². The van der Waals surface area contributed by atoms with Crippen molar-refractivity contribution in [3.63, 3.8) is 0 Å². The van der Waals surface area contributed by atoms with Crippen LogP contribution in [0, 0.1) is 0 Å². The van der Waals surface area contributed by atoms with Crippen molar-refractivity contribution in [1.29, 1.82) is 0 Å². The number of hydrogen-bond acceptors (Lipinski definition) is 4. The van der Waals surface area contributed by atoms with Crippen molar-refractivity contribution in [3.05, 3.63) is 54.2 Å². The van der Waals surface area contributed by atoms with Gasteiger partial charge in [0.15, 0.2) is 0 Å². The Morgan fingerprint density at radius 1 is 1.14 bits per heavy atom. The molecule has 1 aromatic heterocycles. The molecule has 112 valence electrons. The second kappa shape index (κ2) is 6.69. The Kier molecular flexibility index (Phi) is 4.93. The first kappa shape index (κ1) is 15.5. The standard InChI is InChI=1S/C15H19N3O2S/c1-2-10-18(12-13-6-4-3-5-7-13)21(19,20)14-8-9-15(16)17-11-14/h3-9,11H,2,10,12H2,1H3,(H2,16,17). The van der Waals surface area contributed by atoms with Gasteiger partial charge in [0.2, 0.25) is 10.0 Å². The predicted octanol–water partition coefficient (Wildman–Crippen LogP) is 2.26. The molecule has 0 saturated carbocycles. The van der Waals surface area contributed by atoms with Crippen LogP contribution >= 0.6 is 0 Å². The maximum absolute atomic E-state index is 12.7. The van der Waals surface area contributed by atoms with Crippen LogP contribution < -0.4 is 5.73 Å². The first-order valence-corrected chi connectivity index (χ1v) is 8.23. The molecule has 0 radical (unpaired) electrons. The average Bonchev–Trinajstić information content (AvgIpc) is 2.48. The molecule has 0 atom stereocenters. The van der Waals surface area contributed by atoms with E-state index >= 15 is 0 Å². The Balaban J connectivity index is 2.30. The maximum Gasteiger partial charge on any atom is 0.244 e. The molecule has 0 amide bonds. The lowest BCUT2D eigenvalue weighted by molar-refractivity contribution is 0.405. The quantitative estimate of drug-likeness (QED) is 0.888. The summed E-state index contributed by atoms with van der Waals surface area (Å²) in [5.41, 5.74) is 6.47. The number of nitrogens with two attached hydrogens (primary N) is 1. The van der Waals surface area contributed by atoms with E-state index in [1.807, 2.05) is 37.3 Å². The third-order valence-electron chi connectivity index (χ3n) is 3.07. The number of nitrogens with zero attached hydrogens (tertiary/aromatic N) is 2. The maximum atomic E-state index is 12.7. The van der Waals surface area contributed by atoms with E-state index in [0.29, 0.717) is 18.9 Å². The van der Waals surface area contributed by atoms with Crippen LogP contribution in [-0.4, -0.2) is 24.3 Å². The molecule has 6 heteroatoms. The number of benzene rings is 1. The zero-order valence-corrected chi connectivity index (χ0v) is 12.8. The smallest absolute Gasteiger partial charge is 0.244 e. The van der Waals surface area contributed by atoms with Crippen LogP contribution in [0.25, 0.3) is 0 Å². The lowest BCUT2D eigenvalue weighted by Crippen LogP contribution is -2.31. The molecule has 0 saturated heterocycles. The Bertz CT molecular complexity index is 670. The van der Waals surface area contributed by atoms with E-state index in [2.05, 4.69) is 4.98 Å². The zero-order valence-electron chi connectivity index (χ0n) is 11.9. The normalized spacial score (nSPS) is 11.7. The molecule has 1 aromatic carbocycles. The summed E-state index contributed by atoms with van der Waals surface area (Å²) in [4.78, 5) is 4.03. The molecule has 0 aliphatic heterocycles. The highest BCUT2D eigenvalue weighted by molar-refractivity contribution is 7.89. The molecule has 5 nitrogen and oxygen atoms in total. The van der Waals surface area contributed by atoms with Crippen molar-refractivity contribution < 1.29 is 8.42 Å². The molecule has 2 aromatic rings. The summed E-state index contributed by atoms with van der Waals surface area (Å²) < 4.78 is 26.8. The molecule has 0 spiro atoms. The first-order chi connectivity index (χ1) is 10.0. The summed E-state index contributed by atoms with van der Waals surface area (Å²) >= 11 is 0. The minimum atomic E-state index is -3.56. The molecule has 0 fully saturated rings. The third-order valence-corrected chi connectivity index (χ3v) is 4.90. The second-order valence-electron chi connectivity index (χ2n) is 4.74. The monoisotopic (exact) mass is 305 g/mol. The number of nitrogen functional groups attached to an aromatic ring is 1. The summed E-state index contributed by atoms with van der Waals surface area (Å²) in [6, 6.07) is 12.5. The van der Waals surface area contributed by atoms with Crippen molar-refractivity contribution in [2.45, 2.75) is 24.8 Å². The Hall–Kier alpha value is -1.92. The van der Waals surface area contributed by atoms with Gasteiger partial charge < -0.3 is 5.73 Å². The summed E-state index contributed by atoms with van der Waals surface area (Å²) in [6.07, 6.45) is 2.05. The lowest BCUT2D eigenvalue weighted by atomic mass is 10.2. The fourth-order valence-electron chi connectivity index (χ4n) is 2.01. The second-order valence-corrected chi connectivity index (χ2v) is 6.68. The summed E-state index contributed by atoms with van der Waals surface area (Å²) in [6.45, 7) is 2.76. The number of hydrogen-bond donors (Lipinski definition) is 1. The van der Waals surface area contributed by atoms with Gasteiger partial charge in [-0.15, -0.1) is 0 Å². The van der Waals surface area contributed by atoms with Gasteiger partial charge in [-0.05, 0) is 24.1 Å². The van der Waals surface area contributed by atoms with E-state index in [-0.39, 0.29) is 4.90 Å². The van der Waals surface area contributed by atoms with Crippen molar-refractivity contribution in [3.8, 4) is 0 Å². The van der Waals surface area contributed by atoms with Gasteiger partial charge in [0.25, 0.3) is 0 Å². The van der Waals surface area contributed by atoms with Crippen LogP contribution in [0.2, 0.25) is 0 Å². The number of rotatable bonds is 6. The first-order valence-electron chi connectivity index (χ1n) is 6.79. The van der Waals surface area contributed by atoms with E-state index < -0.39 is 10.0 Å². The largest absolute Gasteiger partial charge is 0.384 e. The minimum absolute atomic E-state index is 0.168. The number of aromatic nitrogens is 1. The zero-order chi connectivity index (χ0) is 15.3. The Labute approximate surface area is 125 Å². The lowest BCUT2D eigenvalue weighted by Gasteiger charge is -2.21. The molecular formula is C15H19N3O2S. The fraction of sp³-hybridized carbons (Fsp3) is 0.267. The van der Waals surface area contributed by atoms with E-state index in [1.54, 1.807) is 0 Å². The van der Waals surface area contributed by atoms with Crippen LogP contribution in [0.15, 0.2) is 53.6 Å². The molecule has 0 aliphatic rings. The van der Waals surface area contributed by atoms with E-state index in [4.69, 9.17) is 5.73 Å². The van der Waals surface area contributed by atoms with Crippen molar-refractivity contribution in [2.75, 3.05) is 12.3 Å². The molecule has 1 heterocycles. The molecule has 0 bridgehead atoms. The van der Waals surface area contributed by atoms with Crippen LogP contribution in [-0.2, 0) is 16.6 Å². The fourth-order valence-corrected chi connectivity index (χ4v) is 3.48. The van der Waals surface area contributed by atoms with Crippen LogP contribution in [0.3, 0.4) is 0 Å². The summed E-state index contributed by atoms with van der Waals surface area (Å²) in [5, 5.41) is 0. The number of sulfonamides is 1. The Morgan fingerprint density at radius 2 is 1.86 bits per heavy atom. The summed E-state index contributed by atoms with van der Waals surface area (Å²) in [5.74, 6) is 0.305. The molecule has 2 N–H and O–H groups in total. The molecule has 0 aliphatic carbocycles. The van der Waals surface area contributed by atoms with Crippen LogP contribution in [0.1, 0.15) is 18.9 Å². The van der Waals surface area contributed by atoms with Gasteiger partial charge in [0.1, 0.15) is 10.7 Å². The van der Waals surface area contributed by atoms with Crippen molar-refractivity contribution >= 4 is 15.8 Å². The van der Waals surface area contributed by atoms with Crippen LogP contribution in [0.5, 0.6) is 0 Å². The van der Waals surface area contributed by atoms with Gasteiger partial charge in [0, 0.05) is 19.3 Å². The highest BCUT2D eigenvalue weighted by atomic mass is 32.2. The van der Waals surface area contributed by atoms with Gasteiger partial charge in [0.05, 0.1) is 0 Å². The van der Waals surface area contributed by atoms with E-state index in [9.17, 15) is 8.42 Å². The van der Waals surface area contributed by atoms with Gasteiger partial charge in [-0.25, -0.2) is 13.4 Å². The molecule has 0 unspecified atom stereocenters. The minimum Gasteiger partial charge on any atom is -0.384 e. The van der Waals surface area contributed by atoms with E-state index in [0.717, 1.165) is 12.0 Å². The number of anilines is 1. The SMILES string of the molecule is CCCN(Cc1ccccc1)S(=O)(=O)c1ccc(N)nc1. The van der Waals surface area contributed by atoms with Crippen molar-refractivity contribution in [2.24, 2.45) is 0 Å². The van der Waals surface area contributed by atoms with E-state index in [1.165, 1.54) is 22.6 Å². The Morgan fingerprint density at radius 3 is 2.43 bits per heavy atom. The van der Waals surface area contributed by atoms with Gasteiger partial charge in [-0.1, -0.05) is 37.3 Å². The summed E-state index contributed by atoms with van der Waals surface area (Å²) in [7, 11) is -3.56. The van der Waals surface area contributed by atoms with Crippen LogP contribution in [0.4, 0.5) is 5.82 Å². The van der Waals surface area contributed by atoms with Gasteiger partial charge in [-0.3, -0.25) is 0 Å². The molecule has 2 rings (SSSR count). The van der Waals surface area contributed by atoms with Gasteiger partial charge >= 0.3 is 0 Å². The molecule has 21 heavy (non-hydrogen) atoms. The predicted molar refractivity (Wildman–Crippen MR) is 83.0 cm³/mol.